The van der Waals surface area contributed by atoms with Gasteiger partial charge in [-0.15, -0.1) is 0 Å². The van der Waals surface area contributed by atoms with E-state index >= 15 is 0 Å². The van der Waals surface area contributed by atoms with Crippen molar-refractivity contribution in [1.82, 2.24) is 9.78 Å². The first-order chi connectivity index (χ1) is 7.59. The minimum Gasteiger partial charge on any atom is -0.384 e. The summed E-state index contributed by atoms with van der Waals surface area (Å²) in [6, 6.07) is 1.85. The average Bonchev–Trinajstić information content (AvgIpc) is 2.75. The minimum absolute atomic E-state index is 0.550. The zero-order chi connectivity index (χ0) is 12.2. The fourth-order valence-electron chi connectivity index (χ4n) is 1.74. The maximum absolute atomic E-state index is 10.4. The van der Waals surface area contributed by atoms with Crippen LogP contribution in [0.2, 0.25) is 0 Å². The molecule has 0 aliphatic heterocycles. The van der Waals surface area contributed by atoms with Crippen molar-refractivity contribution in [2.75, 3.05) is 7.11 Å². The molecule has 2 atom stereocenters. The molecular weight excluding hydrogens is 204 g/mol. The summed E-state index contributed by atoms with van der Waals surface area (Å²) in [5.74, 6) is 0. The molecule has 0 aliphatic carbocycles. The first-order valence-electron chi connectivity index (χ1n) is 5.84. The van der Waals surface area contributed by atoms with Crippen LogP contribution >= 0.6 is 0 Å². The Morgan fingerprint density at radius 1 is 1.56 bits per heavy atom. The van der Waals surface area contributed by atoms with Gasteiger partial charge in [-0.3, -0.25) is 4.68 Å². The number of ether oxygens (including phenoxy) is 1. The second-order valence-electron chi connectivity index (χ2n) is 4.25. The summed E-state index contributed by atoms with van der Waals surface area (Å²) in [5.41, 5.74) is 0.277. The first kappa shape index (κ1) is 13.2. The van der Waals surface area contributed by atoms with Gasteiger partial charge in [0, 0.05) is 19.9 Å². The Bertz CT molecular complexity index is 319. The number of aliphatic hydroxyl groups excluding tert-OH is 1. The highest BCUT2D eigenvalue weighted by Crippen LogP contribution is 2.31. The van der Waals surface area contributed by atoms with E-state index in [0.29, 0.717) is 0 Å². The van der Waals surface area contributed by atoms with E-state index in [2.05, 4.69) is 12.0 Å². The van der Waals surface area contributed by atoms with Gasteiger partial charge in [-0.25, -0.2) is 0 Å². The molecule has 92 valence electrons. The van der Waals surface area contributed by atoms with Crippen molar-refractivity contribution in [3.8, 4) is 0 Å². The Hall–Kier alpha value is -0.870. The lowest BCUT2D eigenvalue weighted by Crippen LogP contribution is -2.35. The van der Waals surface area contributed by atoms with E-state index in [1.165, 1.54) is 0 Å². The number of nitrogens with zero attached hydrogens (tertiary/aromatic N) is 2. The Morgan fingerprint density at radius 3 is 2.75 bits per heavy atom. The van der Waals surface area contributed by atoms with Gasteiger partial charge < -0.3 is 9.84 Å². The third kappa shape index (κ3) is 2.44. The largest absolute Gasteiger partial charge is 0.384 e. The second kappa shape index (κ2) is 5.46. The minimum atomic E-state index is -0.642. The molecule has 16 heavy (non-hydrogen) atoms. The SMILES string of the molecule is CCCn1nccc1C(O)C(C)(CC)OC. The molecule has 2 unspecified atom stereocenters. The van der Waals surface area contributed by atoms with Crippen molar-refractivity contribution in [2.24, 2.45) is 0 Å². The maximum Gasteiger partial charge on any atom is 0.124 e. The molecule has 0 aromatic carbocycles. The molecule has 1 rings (SSSR count). The Kier molecular flexibility index (Phi) is 4.50. The Morgan fingerprint density at radius 2 is 2.25 bits per heavy atom. The number of aryl methyl sites for hydroxylation is 1. The van der Waals surface area contributed by atoms with Crippen molar-refractivity contribution >= 4 is 0 Å². The zero-order valence-corrected chi connectivity index (χ0v) is 10.6. The molecule has 1 heterocycles. The van der Waals surface area contributed by atoms with Crippen LogP contribution in [0.25, 0.3) is 0 Å². The van der Waals surface area contributed by atoms with Gasteiger partial charge in [0.25, 0.3) is 0 Å². The number of hydrogen-bond acceptors (Lipinski definition) is 3. The smallest absolute Gasteiger partial charge is 0.124 e. The number of aliphatic hydroxyl groups is 1. The van der Waals surface area contributed by atoms with E-state index in [1.54, 1.807) is 13.3 Å². The van der Waals surface area contributed by atoms with Gasteiger partial charge in [-0.2, -0.15) is 5.10 Å². The number of methoxy groups -OCH3 is 1. The summed E-state index contributed by atoms with van der Waals surface area (Å²) < 4.78 is 7.26. The summed E-state index contributed by atoms with van der Waals surface area (Å²) in [4.78, 5) is 0. The van der Waals surface area contributed by atoms with Crippen molar-refractivity contribution < 1.29 is 9.84 Å². The molecule has 0 saturated heterocycles. The van der Waals surface area contributed by atoms with Crippen molar-refractivity contribution in [3.05, 3.63) is 18.0 Å². The van der Waals surface area contributed by atoms with Crippen LogP contribution in [-0.2, 0) is 11.3 Å². The van der Waals surface area contributed by atoms with Gasteiger partial charge in [0.1, 0.15) is 6.10 Å². The van der Waals surface area contributed by atoms with Crippen LogP contribution in [0.15, 0.2) is 12.3 Å². The molecule has 0 aliphatic rings. The van der Waals surface area contributed by atoms with Gasteiger partial charge in [0.15, 0.2) is 0 Å². The summed E-state index contributed by atoms with van der Waals surface area (Å²) in [7, 11) is 1.63. The second-order valence-corrected chi connectivity index (χ2v) is 4.25. The monoisotopic (exact) mass is 226 g/mol. The highest BCUT2D eigenvalue weighted by Gasteiger charge is 2.34. The highest BCUT2D eigenvalue weighted by molar-refractivity contribution is 5.09. The Balaban J connectivity index is 2.94. The van der Waals surface area contributed by atoms with Crippen molar-refractivity contribution in [1.29, 1.82) is 0 Å². The van der Waals surface area contributed by atoms with Gasteiger partial charge in [0.2, 0.25) is 0 Å². The van der Waals surface area contributed by atoms with E-state index < -0.39 is 11.7 Å². The summed E-state index contributed by atoms with van der Waals surface area (Å²) in [5, 5.41) is 14.6. The van der Waals surface area contributed by atoms with E-state index in [-0.39, 0.29) is 0 Å². The molecule has 0 fully saturated rings. The predicted octanol–water partition coefficient (Wildman–Crippen LogP) is 2.14. The summed E-state index contributed by atoms with van der Waals surface area (Å²) >= 11 is 0. The average molecular weight is 226 g/mol. The molecule has 1 N–H and O–H groups in total. The molecule has 4 nitrogen and oxygen atoms in total. The molecule has 0 spiro atoms. The molecular formula is C12H22N2O2. The van der Waals surface area contributed by atoms with Crippen LogP contribution in [0.1, 0.15) is 45.4 Å². The topological polar surface area (TPSA) is 47.3 Å². The standard InChI is InChI=1S/C12H22N2O2/c1-5-9-14-10(7-8-13-14)11(15)12(3,6-2)16-4/h7-8,11,15H,5-6,9H2,1-4H3. The quantitative estimate of drug-likeness (QED) is 0.808. The van der Waals surface area contributed by atoms with Crippen molar-refractivity contribution in [3.63, 3.8) is 0 Å². The molecule has 0 bridgehead atoms. The van der Waals surface area contributed by atoms with Crippen LogP contribution < -0.4 is 0 Å². The van der Waals surface area contributed by atoms with E-state index in [0.717, 1.165) is 25.1 Å². The van der Waals surface area contributed by atoms with E-state index in [1.807, 2.05) is 24.6 Å². The number of rotatable bonds is 6. The van der Waals surface area contributed by atoms with Crippen LogP contribution in [0, 0.1) is 0 Å². The van der Waals surface area contributed by atoms with Gasteiger partial charge in [0.05, 0.1) is 11.3 Å². The Labute approximate surface area is 97.2 Å². The van der Waals surface area contributed by atoms with Crippen LogP contribution in [-0.4, -0.2) is 27.6 Å². The molecule has 0 radical (unpaired) electrons. The normalized spacial score (nSPS) is 17.1. The van der Waals surface area contributed by atoms with Gasteiger partial charge in [-0.05, 0) is 25.8 Å². The lowest BCUT2D eigenvalue weighted by atomic mass is 9.93. The van der Waals surface area contributed by atoms with E-state index in [9.17, 15) is 5.11 Å². The lowest BCUT2D eigenvalue weighted by molar-refractivity contribution is -0.0975. The van der Waals surface area contributed by atoms with Crippen LogP contribution in [0.3, 0.4) is 0 Å². The summed E-state index contributed by atoms with van der Waals surface area (Å²) in [6.45, 7) is 6.84. The number of aromatic nitrogens is 2. The van der Waals surface area contributed by atoms with Gasteiger partial charge >= 0.3 is 0 Å². The predicted molar refractivity (Wildman–Crippen MR) is 63.2 cm³/mol. The molecule has 0 amide bonds. The number of hydrogen-bond donors (Lipinski definition) is 1. The zero-order valence-electron chi connectivity index (χ0n) is 10.6. The fraction of sp³-hybridized carbons (Fsp3) is 0.750. The van der Waals surface area contributed by atoms with Crippen LogP contribution in [0.4, 0.5) is 0 Å². The molecule has 1 aromatic rings. The third-order valence-corrected chi connectivity index (χ3v) is 3.21. The maximum atomic E-state index is 10.4. The van der Waals surface area contributed by atoms with E-state index in [4.69, 9.17) is 4.74 Å². The third-order valence-electron chi connectivity index (χ3n) is 3.21. The van der Waals surface area contributed by atoms with Crippen LogP contribution in [0.5, 0.6) is 0 Å². The molecule has 1 aromatic heterocycles. The highest BCUT2D eigenvalue weighted by atomic mass is 16.5. The lowest BCUT2D eigenvalue weighted by Gasteiger charge is -2.32. The molecule has 4 heteroatoms. The van der Waals surface area contributed by atoms with Crippen molar-refractivity contribution in [2.45, 2.75) is 51.9 Å². The molecule has 0 saturated carbocycles. The fourth-order valence-corrected chi connectivity index (χ4v) is 1.74. The van der Waals surface area contributed by atoms with Gasteiger partial charge in [-0.1, -0.05) is 13.8 Å². The first-order valence-corrected chi connectivity index (χ1v) is 5.84. The summed E-state index contributed by atoms with van der Waals surface area (Å²) in [6.07, 6.45) is 2.83.